The van der Waals surface area contributed by atoms with E-state index in [1.807, 2.05) is 0 Å². The normalized spacial score (nSPS) is 28.1. The number of rotatable bonds is 5. The predicted octanol–water partition coefficient (Wildman–Crippen LogP) is -0.279. The molecule has 21 heavy (non-hydrogen) atoms. The van der Waals surface area contributed by atoms with Crippen molar-refractivity contribution in [1.82, 2.24) is 5.32 Å². The van der Waals surface area contributed by atoms with Crippen LogP contribution in [0.3, 0.4) is 0 Å². The molecule has 2 rings (SSSR count). The van der Waals surface area contributed by atoms with Crippen LogP contribution in [0.15, 0.2) is 0 Å². The Balaban J connectivity index is 1.97. The third-order valence-corrected chi connectivity index (χ3v) is 4.21. The van der Waals surface area contributed by atoms with Gasteiger partial charge in [0.1, 0.15) is 6.10 Å². The third kappa shape index (κ3) is 4.15. The van der Waals surface area contributed by atoms with Crippen molar-refractivity contribution >= 4 is 11.9 Å². The molecule has 0 aromatic carbocycles. The zero-order chi connectivity index (χ0) is 15.3. The minimum Gasteiger partial charge on any atom is -0.469 e. The summed E-state index contributed by atoms with van der Waals surface area (Å²) in [5, 5.41) is 3.00. The largest absolute Gasteiger partial charge is 0.469 e. The Bertz CT molecular complexity index is 382. The minimum atomic E-state index is -0.591. The zero-order valence-corrected chi connectivity index (χ0v) is 12.4. The maximum atomic E-state index is 12.4. The molecule has 0 saturated carbocycles. The van der Waals surface area contributed by atoms with Gasteiger partial charge in [0.2, 0.25) is 5.91 Å². The second kappa shape index (κ2) is 7.20. The zero-order valence-electron chi connectivity index (χ0n) is 12.4. The number of ether oxygens (including phenoxy) is 3. The molecule has 0 bridgehead atoms. The highest BCUT2D eigenvalue weighted by Crippen LogP contribution is 2.27. The Morgan fingerprint density at radius 1 is 1.33 bits per heavy atom. The predicted molar refractivity (Wildman–Crippen MR) is 74.5 cm³/mol. The molecule has 0 radical (unpaired) electrons. The lowest BCUT2D eigenvalue weighted by atomic mass is 9.86. The second-order valence-electron chi connectivity index (χ2n) is 5.69. The smallest absolute Gasteiger partial charge is 0.307 e. The number of hydrogen-bond acceptors (Lipinski definition) is 6. The molecule has 0 aliphatic carbocycles. The van der Waals surface area contributed by atoms with Crippen molar-refractivity contribution < 1.29 is 23.8 Å². The molecular weight excluding hydrogens is 276 g/mol. The molecule has 2 saturated heterocycles. The van der Waals surface area contributed by atoms with Crippen LogP contribution in [-0.4, -0.2) is 56.5 Å². The SMILES string of the molecule is COC(=O)CC1(NC(=O)[C@@H]2CC[C@H](CN)O2)CCOCC1. The van der Waals surface area contributed by atoms with Gasteiger partial charge >= 0.3 is 5.97 Å². The van der Waals surface area contributed by atoms with E-state index in [9.17, 15) is 9.59 Å². The van der Waals surface area contributed by atoms with Crippen molar-refractivity contribution in [1.29, 1.82) is 0 Å². The van der Waals surface area contributed by atoms with E-state index in [2.05, 4.69) is 5.32 Å². The number of amides is 1. The first kappa shape index (κ1) is 16.2. The van der Waals surface area contributed by atoms with Crippen molar-refractivity contribution in [3.05, 3.63) is 0 Å². The van der Waals surface area contributed by atoms with Gasteiger partial charge in [-0.15, -0.1) is 0 Å². The Hall–Kier alpha value is -1.18. The highest BCUT2D eigenvalue weighted by Gasteiger charge is 2.40. The summed E-state index contributed by atoms with van der Waals surface area (Å²) in [4.78, 5) is 24.0. The molecule has 0 aromatic rings. The Kier molecular flexibility index (Phi) is 5.55. The van der Waals surface area contributed by atoms with Gasteiger partial charge < -0.3 is 25.3 Å². The number of carbonyl (C=O) groups is 2. The van der Waals surface area contributed by atoms with Crippen LogP contribution in [0, 0.1) is 0 Å². The fourth-order valence-corrected chi connectivity index (χ4v) is 2.87. The quantitative estimate of drug-likeness (QED) is 0.678. The molecule has 2 aliphatic heterocycles. The molecule has 3 N–H and O–H groups in total. The molecule has 2 fully saturated rings. The van der Waals surface area contributed by atoms with Crippen molar-refractivity contribution in [2.45, 2.75) is 49.9 Å². The van der Waals surface area contributed by atoms with E-state index in [4.69, 9.17) is 19.9 Å². The topological polar surface area (TPSA) is 99.9 Å². The number of carbonyl (C=O) groups excluding carboxylic acids is 2. The van der Waals surface area contributed by atoms with E-state index in [0.29, 0.717) is 39.0 Å². The fourth-order valence-electron chi connectivity index (χ4n) is 2.87. The first-order valence-corrected chi connectivity index (χ1v) is 7.41. The molecule has 0 spiro atoms. The summed E-state index contributed by atoms with van der Waals surface area (Å²) in [6.45, 7) is 1.47. The minimum absolute atomic E-state index is 0.0491. The number of hydrogen-bond donors (Lipinski definition) is 2. The molecule has 1 amide bonds. The van der Waals surface area contributed by atoms with E-state index < -0.39 is 11.6 Å². The molecule has 0 aromatic heterocycles. The maximum absolute atomic E-state index is 12.4. The van der Waals surface area contributed by atoms with E-state index in [1.165, 1.54) is 7.11 Å². The van der Waals surface area contributed by atoms with Gasteiger partial charge in [-0.3, -0.25) is 9.59 Å². The Labute approximate surface area is 124 Å². The van der Waals surface area contributed by atoms with Gasteiger partial charge in [0.25, 0.3) is 0 Å². The van der Waals surface area contributed by atoms with Crippen LogP contribution in [0.2, 0.25) is 0 Å². The van der Waals surface area contributed by atoms with E-state index in [-0.39, 0.29) is 24.4 Å². The molecule has 2 atom stereocenters. The Morgan fingerprint density at radius 3 is 2.62 bits per heavy atom. The first-order chi connectivity index (χ1) is 10.1. The molecule has 2 aliphatic rings. The lowest BCUT2D eigenvalue weighted by Crippen LogP contribution is -2.55. The van der Waals surface area contributed by atoms with Crippen LogP contribution in [0.4, 0.5) is 0 Å². The monoisotopic (exact) mass is 300 g/mol. The van der Waals surface area contributed by atoms with Crippen molar-refractivity contribution in [2.24, 2.45) is 5.73 Å². The number of esters is 1. The van der Waals surface area contributed by atoms with Crippen LogP contribution in [0.5, 0.6) is 0 Å². The standard InChI is InChI=1S/C14H24N2O5/c1-19-12(17)8-14(4-6-20-7-5-14)16-13(18)11-3-2-10(9-15)21-11/h10-11H,2-9,15H2,1H3,(H,16,18)/t10-,11+/m1/s1. The highest BCUT2D eigenvalue weighted by molar-refractivity contribution is 5.83. The molecular formula is C14H24N2O5. The van der Waals surface area contributed by atoms with Crippen molar-refractivity contribution in [3.63, 3.8) is 0 Å². The van der Waals surface area contributed by atoms with Gasteiger partial charge in [0.15, 0.2) is 0 Å². The lowest BCUT2D eigenvalue weighted by Gasteiger charge is -2.37. The van der Waals surface area contributed by atoms with Gasteiger partial charge in [-0.05, 0) is 25.7 Å². The van der Waals surface area contributed by atoms with Crippen LogP contribution in [0.25, 0.3) is 0 Å². The summed E-state index contributed by atoms with van der Waals surface area (Å²) in [7, 11) is 1.35. The fraction of sp³-hybridized carbons (Fsp3) is 0.857. The molecule has 7 heteroatoms. The van der Waals surface area contributed by atoms with E-state index in [0.717, 1.165) is 6.42 Å². The summed E-state index contributed by atoms with van der Waals surface area (Å²) < 4.78 is 15.7. The summed E-state index contributed by atoms with van der Waals surface area (Å²) in [5.41, 5.74) is 4.97. The molecule has 120 valence electrons. The summed E-state index contributed by atoms with van der Waals surface area (Å²) in [6, 6.07) is 0. The van der Waals surface area contributed by atoms with Gasteiger partial charge in [-0.2, -0.15) is 0 Å². The number of methoxy groups -OCH3 is 1. The van der Waals surface area contributed by atoms with Gasteiger partial charge in [-0.25, -0.2) is 0 Å². The van der Waals surface area contributed by atoms with Gasteiger partial charge in [0.05, 0.1) is 25.2 Å². The van der Waals surface area contributed by atoms with Crippen LogP contribution < -0.4 is 11.1 Å². The first-order valence-electron chi connectivity index (χ1n) is 7.41. The van der Waals surface area contributed by atoms with Crippen LogP contribution in [0.1, 0.15) is 32.1 Å². The second-order valence-corrected chi connectivity index (χ2v) is 5.69. The average Bonchev–Trinajstić information content (AvgIpc) is 2.97. The van der Waals surface area contributed by atoms with Gasteiger partial charge in [0, 0.05) is 19.8 Å². The summed E-state index contributed by atoms with van der Waals surface area (Å²) in [5.74, 6) is -0.499. The third-order valence-electron chi connectivity index (χ3n) is 4.21. The summed E-state index contributed by atoms with van der Waals surface area (Å²) >= 11 is 0. The van der Waals surface area contributed by atoms with Crippen LogP contribution in [-0.2, 0) is 23.8 Å². The summed E-state index contributed by atoms with van der Waals surface area (Å²) in [6.07, 6.45) is 2.29. The average molecular weight is 300 g/mol. The highest BCUT2D eigenvalue weighted by atomic mass is 16.5. The lowest BCUT2D eigenvalue weighted by molar-refractivity contribution is -0.145. The maximum Gasteiger partial charge on any atom is 0.307 e. The van der Waals surface area contributed by atoms with Gasteiger partial charge in [-0.1, -0.05) is 0 Å². The molecule has 0 unspecified atom stereocenters. The van der Waals surface area contributed by atoms with Crippen LogP contribution >= 0.6 is 0 Å². The Morgan fingerprint density at radius 2 is 2.05 bits per heavy atom. The molecule has 7 nitrogen and oxygen atoms in total. The van der Waals surface area contributed by atoms with E-state index >= 15 is 0 Å². The molecule has 2 heterocycles. The van der Waals surface area contributed by atoms with Crippen molar-refractivity contribution in [3.8, 4) is 0 Å². The number of nitrogens with one attached hydrogen (secondary N) is 1. The number of nitrogens with two attached hydrogens (primary N) is 1. The van der Waals surface area contributed by atoms with Crippen molar-refractivity contribution in [2.75, 3.05) is 26.9 Å². The van der Waals surface area contributed by atoms with E-state index in [1.54, 1.807) is 0 Å².